The molecule has 2 aromatic carbocycles. The number of likely N-dealkylation sites (N-methyl/N-ethyl adjacent to an activating group) is 1. The van der Waals surface area contributed by atoms with Crippen molar-refractivity contribution in [3.8, 4) is 0 Å². The highest BCUT2D eigenvalue weighted by atomic mass is 35.5. The molecule has 0 aliphatic carbocycles. The Balaban J connectivity index is 1.21. The molecule has 2 aromatic heterocycles. The molecule has 7 heteroatoms. The zero-order valence-corrected chi connectivity index (χ0v) is 20.5. The molecule has 33 heavy (non-hydrogen) atoms. The number of hydrogen-bond acceptors (Lipinski definition) is 5. The first-order valence-electron chi connectivity index (χ1n) is 11.3. The summed E-state index contributed by atoms with van der Waals surface area (Å²) >= 11 is 12.2. The van der Waals surface area contributed by atoms with Gasteiger partial charge in [-0.3, -0.25) is 9.97 Å². The highest BCUT2D eigenvalue weighted by Gasteiger charge is 2.08. The summed E-state index contributed by atoms with van der Waals surface area (Å²) in [5.74, 6) is 0. The molecular weight excluding hydrogens is 453 g/mol. The van der Waals surface area contributed by atoms with Crippen LogP contribution in [0.4, 0.5) is 11.4 Å². The standard InChI is InChI=1S/C26H29Cl2N5/c1-18(32-24-10-12-30-26-17-20(28)6-8-22(24)26)4-3-14-33(2)15-13-31-23-9-11-29-25-16-19(27)5-7-21(23)25/h5-12,16-18H,3-4,13-15H2,1-2H3,(H,29,31)(H,30,32)/t18-/m0/s1. The summed E-state index contributed by atoms with van der Waals surface area (Å²) in [7, 11) is 2.17. The van der Waals surface area contributed by atoms with E-state index in [1.165, 1.54) is 0 Å². The van der Waals surface area contributed by atoms with Gasteiger partial charge in [0.15, 0.2) is 0 Å². The lowest BCUT2D eigenvalue weighted by molar-refractivity contribution is 0.335. The van der Waals surface area contributed by atoms with Gasteiger partial charge in [0.2, 0.25) is 0 Å². The van der Waals surface area contributed by atoms with E-state index in [0.717, 1.165) is 65.7 Å². The van der Waals surface area contributed by atoms with Crippen LogP contribution in [0.1, 0.15) is 19.8 Å². The maximum absolute atomic E-state index is 6.10. The molecule has 0 fully saturated rings. The van der Waals surface area contributed by atoms with Crippen molar-refractivity contribution in [2.45, 2.75) is 25.8 Å². The fourth-order valence-corrected chi connectivity index (χ4v) is 4.35. The van der Waals surface area contributed by atoms with Crippen molar-refractivity contribution in [2.75, 3.05) is 37.3 Å². The van der Waals surface area contributed by atoms with Crippen LogP contribution in [0.15, 0.2) is 60.9 Å². The molecule has 0 unspecified atom stereocenters. The van der Waals surface area contributed by atoms with Crippen LogP contribution in [0, 0.1) is 0 Å². The van der Waals surface area contributed by atoms with Crippen LogP contribution >= 0.6 is 23.2 Å². The Morgan fingerprint density at radius 3 is 2.12 bits per heavy atom. The number of aromatic nitrogens is 2. The predicted molar refractivity (Wildman–Crippen MR) is 142 cm³/mol. The number of anilines is 2. The van der Waals surface area contributed by atoms with Crippen molar-refractivity contribution in [3.05, 3.63) is 71.0 Å². The summed E-state index contributed by atoms with van der Waals surface area (Å²) in [6.45, 7) is 5.12. The maximum Gasteiger partial charge on any atom is 0.0737 e. The Hall–Kier alpha value is -2.60. The van der Waals surface area contributed by atoms with Gasteiger partial charge in [0, 0.05) is 63.7 Å². The van der Waals surface area contributed by atoms with E-state index in [9.17, 15) is 0 Å². The zero-order valence-electron chi connectivity index (χ0n) is 19.0. The van der Waals surface area contributed by atoms with Crippen LogP contribution in [0.2, 0.25) is 10.0 Å². The van der Waals surface area contributed by atoms with Crippen molar-refractivity contribution in [1.82, 2.24) is 14.9 Å². The molecule has 0 saturated heterocycles. The van der Waals surface area contributed by atoms with Gasteiger partial charge in [-0.1, -0.05) is 23.2 Å². The van der Waals surface area contributed by atoms with E-state index in [-0.39, 0.29) is 0 Å². The average Bonchev–Trinajstić information content (AvgIpc) is 2.79. The molecule has 0 radical (unpaired) electrons. The van der Waals surface area contributed by atoms with Gasteiger partial charge in [0.25, 0.3) is 0 Å². The van der Waals surface area contributed by atoms with Crippen LogP contribution in [0.3, 0.4) is 0 Å². The third-order valence-corrected chi connectivity index (χ3v) is 6.27. The Labute approximate surface area is 205 Å². The van der Waals surface area contributed by atoms with Gasteiger partial charge in [-0.25, -0.2) is 0 Å². The Kier molecular flexibility index (Phi) is 7.86. The SMILES string of the molecule is C[C@@H](CCCN(C)CCNc1ccnc2cc(Cl)ccc12)Nc1ccnc2cc(Cl)ccc12. The first-order chi connectivity index (χ1) is 16.0. The topological polar surface area (TPSA) is 53.1 Å². The van der Waals surface area contributed by atoms with Crippen molar-refractivity contribution >= 4 is 56.4 Å². The second kappa shape index (κ2) is 11.0. The van der Waals surface area contributed by atoms with Gasteiger partial charge in [-0.15, -0.1) is 0 Å². The maximum atomic E-state index is 6.10. The van der Waals surface area contributed by atoms with Crippen LogP contribution in [0.5, 0.6) is 0 Å². The fraction of sp³-hybridized carbons (Fsp3) is 0.308. The lowest BCUT2D eigenvalue weighted by atomic mass is 10.1. The number of benzene rings is 2. The number of rotatable bonds is 10. The molecule has 0 spiro atoms. The number of fused-ring (bicyclic) bond motifs is 2. The van der Waals surface area contributed by atoms with Gasteiger partial charge in [-0.2, -0.15) is 0 Å². The largest absolute Gasteiger partial charge is 0.383 e. The summed E-state index contributed by atoms with van der Waals surface area (Å²) in [6, 6.07) is 16.1. The Morgan fingerprint density at radius 1 is 0.848 bits per heavy atom. The third-order valence-electron chi connectivity index (χ3n) is 5.80. The van der Waals surface area contributed by atoms with E-state index < -0.39 is 0 Å². The zero-order chi connectivity index (χ0) is 23.2. The van der Waals surface area contributed by atoms with E-state index in [4.69, 9.17) is 23.2 Å². The number of nitrogens with one attached hydrogen (secondary N) is 2. The highest BCUT2D eigenvalue weighted by Crippen LogP contribution is 2.26. The van der Waals surface area contributed by atoms with Gasteiger partial charge in [-0.05, 0) is 81.9 Å². The average molecular weight is 482 g/mol. The van der Waals surface area contributed by atoms with Crippen LogP contribution < -0.4 is 10.6 Å². The minimum absolute atomic E-state index is 0.368. The normalized spacial score (nSPS) is 12.4. The van der Waals surface area contributed by atoms with Crippen molar-refractivity contribution in [3.63, 3.8) is 0 Å². The lowest BCUT2D eigenvalue weighted by Crippen LogP contribution is -2.27. The highest BCUT2D eigenvalue weighted by molar-refractivity contribution is 6.31. The molecule has 4 aromatic rings. The van der Waals surface area contributed by atoms with Gasteiger partial charge in [0.1, 0.15) is 0 Å². The van der Waals surface area contributed by atoms with E-state index in [0.29, 0.717) is 16.1 Å². The fourth-order valence-electron chi connectivity index (χ4n) is 4.02. The molecule has 0 aliphatic heterocycles. The van der Waals surface area contributed by atoms with E-state index in [1.54, 1.807) is 0 Å². The molecule has 0 bridgehead atoms. The third kappa shape index (κ3) is 6.26. The van der Waals surface area contributed by atoms with Crippen LogP contribution in [-0.4, -0.2) is 47.6 Å². The quantitative estimate of drug-likeness (QED) is 0.263. The smallest absolute Gasteiger partial charge is 0.0737 e. The molecule has 4 rings (SSSR count). The van der Waals surface area contributed by atoms with Gasteiger partial charge >= 0.3 is 0 Å². The van der Waals surface area contributed by atoms with Crippen LogP contribution in [-0.2, 0) is 0 Å². The van der Waals surface area contributed by atoms with E-state index >= 15 is 0 Å². The number of halogens is 2. The van der Waals surface area contributed by atoms with Crippen molar-refractivity contribution < 1.29 is 0 Å². The molecule has 5 nitrogen and oxygen atoms in total. The van der Waals surface area contributed by atoms with Crippen molar-refractivity contribution in [2.24, 2.45) is 0 Å². The van der Waals surface area contributed by atoms with Gasteiger partial charge < -0.3 is 15.5 Å². The summed E-state index contributed by atoms with van der Waals surface area (Å²) in [5, 5.41) is 10.8. The van der Waals surface area contributed by atoms with Crippen LogP contribution in [0.25, 0.3) is 21.8 Å². The first kappa shape index (κ1) is 23.6. The molecule has 172 valence electrons. The number of pyridine rings is 2. The van der Waals surface area contributed by atoms with E-state index in [2.05, 4.69) is 39.5 Å². The second-order valence-corrected chi connectivity index (χ2v) is 9.33. The minimum Gasteiger partial charge on any atom is -0.383 e. The second-order valence-electron chi connectivity index (χ2n) is 8.46. The van der Waals surface area contributed by atoms with E-state index in [1.807, 2.05) is 60.9 Å². The predicted octanol–water partition coefficient (Wildman–Crippen LogP) is 6.71. The molecule has 2 heterocycles. The molecule has 2 N–H and O–H groups in total. The first-order valence-corrected chi connectivity index (χ1v) is 12.0. The summed E-state index contributed by atoms with van der Waals surface area (Å²) in [5.41, 5.74) is 4.02. The Morgan fingerprint density at radius 2 is 1.45 bits per heavy atom. The monoisotopic (exact) mass is 481 g/mol. The van der Waals surface area contributed by atoms with Gasteiger partial charge in [0.05, 0.1) is 11.0 Å². The molecular formula is C26H29Cl2N5. The summed E-state index contributed by atoms with van der Waals surface area (Å²) in [6.07, 6.45) is 5.86. The summed E-state index contributed by atoms with van der Waals surface area (Å²) < 4.78 is 0. The van der Waals surface area contributed by atoms with Crippen molar-refractivity contribution in [1.29, 1.82) is 0 Å². The Bertz CT molecular complexity index is 1230. The molecule has 0 amide bonds. The molecule has 0 saturated carbocycles. The number of hydrogen-bond donors (Lipinski definition) is 2. The summed E-state index contributed by atoms with van der Waals surface area (Å²) in [4.78, 5) is 11.2. The lowest BCUT2D eigenvalue weighted by Gasteiger charge is -2.20. The molecule has 0 aliphatic rings. The minimum atomic E-state index is 0.368. The number of nitrogens with zero attached hydrogens (tertiary/aromatic N) is 3. The molecule has 1 atom stereocenters.